The summed E-state index contributed by atoms with van der Waals surface area (Å²) in [4.78, 5) is 14.9. The summed E-state index contributed by atoms with van der Waals surface area (Å²) in [5, 5.41) is 2.88. The first-order valence-corrected chi connectivity index (χ1v) is 11.6. The van der Waals surface area contributed by atoms with Crippen molar-refractivity contribution in [3.63, 3.8) is 0 Å². The molecule has 1 atom stereocenters. The third kappa shape index (κ3) is 6.64. The van der Waals surface area contributed by atoms with Gasteiger partial charge in [0, 0.05) is 31.7 Å². The van der Waals surface area contributed by atoms with Gasteiger partial charge in [0.25, 0.3) is 5.91 Å². The molecule has 2 N–H and O–H groups in total. The molecule has 0 bridgehead atoms. The van der Waals surface area contributed by atoms with E-state index in [4.69, 9.17) is 11.2 Å². The molecule has 3 rings (SSSR count). The standard InChI is InChI=1S/C23H27N3O4S/c1-3-11-25-31(28,29)22-9-7-21(8-10-22)23(27)24-15-19-5-4-6-20(14-19)17-26-12-13-30-18(2)16-26/h1,4-10,14,18,25H,11-13,15-17H2,2H3,(H,24,27). The zero-order valence-corrected chi connectivity index (χ0v) is 18.3. The van der Waals surface area contributed by atoms with Crippen LogP contribution in [-0.2, 0) is 27.8 Å². The molecule has 1 aliphatic rings. The molecule has 1 saturated heterocycles. The van der Waals surface area contributed by atoms with Crippen molar-refractivity contribution in [2.75, 3.05) is 26.2 Å². The van der Waals surface area contributed by atoms with Gasteiger partial charge in [0.2, 0.25) is 10.0 Å². The Morgan fingerprint density at radius 3 is 2.68 bits per heavy atom. The molecule has 0 spiro atoms. The Balaban J connectivity index is 1.56. The smallest absolute Gasteiger partial charge is 0.251 e. The number of nitrogens with one attached hydrogen (secondary N) is 2. The Morgan fingerprint density at radius 1 is 1.23 bits per heavy atom. The van der Waals surface area contributed by atoms with Gasteiger partial charge in [0.15, 0.2) is 0 Å². The van der Waals surface area contributed by atoms with Crippen molar-refractivity contribution in [2.24, 2.45) is 0 Å². The van der Waals surface area contributed by atoms with E-state index in [0.717, 1.165) is 31.8 Å². The van der Waals surface area contributed by atoms with Crippen LogP contribution in [0.15, 0.2) is 53.4 Å². The summed E-state index contributed by atoms with van der Waals surface area (Å²) >= 11 is 0. The van der Waals surface area contributed by atoms with Gasteiger partial charge in [-0.05, 0) is 42.3 Å². The molecule has 1 unspecified atom stereocenters. The Bertz CT molecular complexity index is 1050. The maximum absolute atomic E-state index is 12.5. The molecule has 0 saturated carbocycles. The molecule has 1 amide bonds. The van der Waals surface area contributed by atoms with Crippen LogP contribution in [0.25, 0.3) is 0 Å². The zero-order chi connectivity index (χ0) is 22.3. The molecule has 164 valence electrons. The highest BCUT2D eigenvalue weighted by molar-refractivity contribution is 7.89. The average molecular weight is 442 g/mol. The number of rotatable bonds is 8. The van der Waals surface area contributed by atoms with Crippen LogP contribution in [-0.4, -0.2) is 51.6 Å². The summed E-state index contributed by atoms with van der Waals surface area (Å²) in [5.74, 6) is 1.95. The molecule has 1 aliphatic heterocycles. The normalized spacial score (nSPS) is 17.1. The molecule has 1 heterocycles. The number of terminal acetylenes is 1. The van der Waals surface area contributed by atoms with Crippen molar-refractivity contribution in [2.45, 2.75) is 31.0 Å². The minimum atomic E-state index is -3.68. The maximum atomic E-state index is 12.5. The fraction of sp³-hybridized carbons (Fsp3) is 0.348. The molecule has 0 aromatic heterocycles. The van der Waals surface area contributed by atoms with Crippen LogP contribution in [0.3, 0.4) is 0 Å². The molecular weight excluding hydrogens is 414 g/mol. The number of nitrogens with zero attached hydrogens (tertiary/aromatic N) is 1. The predicted molar refractivity (Wildman–Crippen MR) is 119 cm³/mol. The van der Waals surface area contributed by atoms with Gasteiger partial charge < -0.3 is 10.1 Å². The minimum absolute atomic E-state index is 0.0597. The van der Waals surface area contributed by atoms with E-state index in [9.17, 15) is 13.2 Å². The first kappa shape index (κ1) is 23.0. The van der Waals surface area contributed by atoms with Gasteiger partial charge in [-0.3, -0.25) is 9.69 Å². The average Bonchev–Trinajstić information content (AvgIpc) is 2.76. The number of morpholine rings is 1. The SMILES string of the molecule is C#CCNS(=O)(=O)c1ccc(C(=O)NCc2cccc(CN3CCOC(C)C3)c2)cc1. The van der Waals surface area contributed by atoms with E-state index in [1.807, 2.05) is 12.1 Å². The van der Waals surface area contributed by atoms with E-state index in [1.165, 1.54) is 29.8 Å². The van der Waals surface area contributed by atoms with Crippen LogP contribution < -0.4 is 10.0 Å². The maximum Gasteiger partial charge on any atom is 0.251 e. The number of carbonyl (C=O) groups excluding carboxylic acids is 1. The fourth-order valence-electron chi connectivity index (χ4n) is 3.42. The highest BCUT2D eigenvalue weighted by Crippen LogP contribution is 2.13. The fourth-order valence-corrected chi connectivity index (χ4v) is 4.35. The largest absolute Gasteiger partial charge is 0.376 e. The quantitative estimate of drug-likeness (QED) is 0.610. The summed E-state index contributed by atoms with van der Waals surface area (Å²) in [7, 11) is -3.68. The van der Waals surface area contributed by atoms with Crippen LogP contribution in [0.2, 0.25) is 0 Å². The summed E-state index contributed by atoms with van der Waals surface area (Å²) in [5.41, 5.74) is 2.58. The van der Waals surface area contributed by atoms with E-state index >= 15 is 0 Å². The van der Waals surface area contributed by atoms with Gasteiger partial charge >= 0.3 is 0 Å². The lowest BCUT2D eigenvalue weighted by atomic mass is 10.1. The van der Waals surface area contributed by atoms with Crippen LogP contribution in [0, 0.1) is 12.3 Å². The summed E-state index contributed by atoms with van der Waals surface area (Å²) in [6, 6.07) is 13.9. The van der Waals surface area contributed by atoms with Crippen LogP contribution in [0.4, 0.5) is 0 Å². The second-order valence-electron chi connectivity index (χ2n) is 7.47. The summed E-state index contributed by atoms with van der Waals surface area (Å²) in [6.45, 7) is 5.79. The van der Waals surface area contributed by atoms with Crippen molar-refractivity contribution >= 4 is 15.9 Å². The summed E-state index contributed by atoms with van der Waals surface area (Å²) in [6.07, 6.45) is 5.32. The Kier molecular flexibility index (Phi) is 7.82. The summed E-state index contributed by atoms with van der Waals surface area (Å²) < 4.78 is 32.0. The monoisotopic (exact) mass is 441 g/mol. The van der Waals surface area contributed by atoms with Crippen molar-refractivity contribution in [1.82, 2.24) is 14.9 Å². The minimum Gasteiger partial charge on any atom is -0.376 e. The Hall–Kier alpha value is -2.70. The molecule has 0 radical (unpaired) electrons. The van der Waals surface area contributed by atoms with Crippen LogP contribution >= 0.6 is 0 Å². The third-order valence-electron chi connectivity index (χ3n) is 4.97. The Labute approximate surface area is 183 Å². The van der Waals surface area contributed by atoms with E-state index < -0.39 is 10.0 Å². The first-order chi connectivity index (χ1) is 14.9. The van der Waals surface area contributed by atoms with Gasteiger partial charge in [-0.1, -0.05) is 30.2 Å². The number of hydrogen-bond acceptors (Lipinski definition) is 5. The van der Waals surface area contributed by atoms with Gasteiger partial charge in [0.05, 0.1) is 24.2 Å². The molecule has 8 heteroatoms. The molecule has 1 fully saturated rings. The van der Waals surface area contributed by atoms with Crippen LogP contribution in [0.1, 0.15) is 28.4 Å². The lowest BCUT2D eigenvalue weighted by molar-refractivity contribution is -0.0212. The van der Waals surface area contributed by atoms with Crippen molar-refractivity contribution in [3.05, 3.63) is 65.2 Å². The molecule has 2 aromatic carbocycles. The topological polar surface area (TPSA) is 87.7 Å². The molecule has 2 aromatic rings. The van der Waals surface area contributed by atoms with Gasteiger partial charge in [-0.15, -0.1) is 6.42 Å². The number of sulfonamides is 1. The Morgan fingerprint density at radius 2 is 1.97 bits per heavy atom. The molecule has 0 aliphatic carbocycles. The number of benzene rings is 2. The number of carbonyl (C=O) groups is 1. The van der Waals surface area contributed by atoms with Gasteiger partial charge in [0.1, 0.15) is 0 Å². The predicted octanol–water partition coefficient (Wildman–Crippen LogP) is 1.75. The second-order valence-corrected chi connectivity index (χ2v) is 9.24. The van der Waals surface area contributed by atoms with E-state index in [2.05, 4.69) is 39.9 Å². The van der Waals surface area contributed by atoms with Crippen molar-refractivity contribution < 1.29 is 17.9 Å². The first-order valence-electron chi connectivity index (χ1n) is 10.1. The number of hydrogen-bond donors (Lipinski definition) is 2. The van der Waals surface area contributed by atoms with Gasteiger partial charge in [-0.2, -0.15) is 4.72 Å². The van der Waals surface area contributed by atoms with Gasteiger partial charge in [-0.25, -0.2) is 8.42 Å². The molecule has 7 nitrogen and oxygen atoms in total. The lowest BCUT2D eigenvalue weighted by Gasteiger charge is -2.31. The highest BCUT2D eigenvalue weighted by atomic mass is 32.2. The van der Waals surface area contributed by atoms with Crippen molar-refractivity contribution in [1.29, 1.82) is 0 Å². The number of ether oxygens (including phenoxy) is 1. The van der Waals surface area contributed by atoms with Crippen LogP contribution in [0.5, 0.6) is 0 Å². The third-order valence-corrected chi connectivity index (χ3v) is 6.38. The van der Waals surface area contributed by atoms with E-state index in [-0.39, 0.29) is 23.5 Å². The van der Waals surface area contributed by atoms with E-state index in [1.54, 1.807) is 0 Å². The van der Waals surface area contributed by atoms with Crippen molar-refractivity contribution in [3.8, 4) is 12.3 Å². The lowest BCUT2D eigenvalue weighted by Crippen LogP contribution is -2.40. The molecular formula is C23H27N3O4S. The number of amides is 1. The molecule has 31 heavy (non-hydrogen) atoms. The highest BCUT2D eigenvalue weighted by Gasteiger charge is 2.17. The second kappa shape index (κ2) is 10.6. The zero-order valence-electron chi connectivity index (χ0n) is 17.5. The van der Waals surface area contributed by atoms with E-state index in [0.29, 0.717) is 12.1 Å².